The van der Waals surface area contributed by atoms with Crippen LogP contribution in [0.25, 0.3) is 0 Å². The molecule has 0 aromatic rings. The summed E-state index contributed by atoms with van der Waals surface area (Å²) in [6, 6.07) is 0. The summed E-state index contributed by atoms with van der Waals surface area (Å²) in [4.78, 5) is 0. The fourth-order valence-electron chi connectivity index (χ4n) is 3.08. The van der Waals surface area contributed by atoms with Crippen molar-refractivity contribution in [2.45, 2.75) is 59.8 Å². The zero-order valence-corrected chi connectivity index (χ0v) is 13.5. The fraction of sp³-hybridized carbons (Fsp3) is 1.00. The fourth-order valence-corrected chi connectivity index (χ4v) is 3.08. The van der Waals surface area contributed by atoms with E-state index in [1.54, 1.807) is 0 Å². The normalized spacial score (nSPS) is 24.6. The summed E-state index contributed by atoms with van der Waals surface area (Å²) in [5.41, 5.74) is 0. The number of hydrogen-bond acceptors (Lipinski definition) is 2. The quantitative estimate of drug-likeness (QED) is 0.747. The third kappa shape index (κ3) is 8.65. The highest BCUT2D eigenvalue weighted by Crippen LogP contribution is 2.22. The van der Waals surface area contributed by atoms with Crippen LogP contribution in [0.3, 0.4) is 0 Å². The maximum Gasteiger partial charge on any atom is 0.0495 e. The van der Waals surface area contributed by atoms with E-state index in [0.717, 1.165) is 50.1 Å². The Bertz CT molecular complexity index is 201. The average Bonchev–Trinajstić information content (AvgIpc) is 2.82. The van der Waals surface area contributed by atoms with Gasteiger partial charge in [-0.2, -0.15) is 0 Å². The van der Waals surface area contributed by atoms with Crippen molar-refractivity contribution in [3.8, 4) is 0 Å². The number of rotatable bonds is 4. The molecule has 0 aromatic carbocycles. The smallest absolute Gasteiger partial charge is 0.0495 e. The zero-order valence-electron chi connectivity index (χ0n) is 13.5. The highest BCUT2D eigenvalue weighted by atomic mass is 16.5. The Morgan fingerprint density at radius 1 is 0.737 bits per heavy atom. The third-order valence-corrected chi connectivity index (χ3v) is 3.97. The van der Waals surface area contributed by atoms with Gasteiger partial charge in [-0.15, -0.1) is 0 Å². The first kappa shape index (κ1) is 17.0. The molecule has 1 atom stereocenters. The molecule has 2 heteroatoms. The summed E-state index contributed by atoms with van der Waals surface area (Å²) in [7, 11) is 0. The average molecular weight is 270 g/mol. The second-order valence-corrected chi connectivity index (χ2v) is 7.04. The van der Waals surface area contributed by atoms with Crippen molar-refractivity contribution in [2.24, 2.45) is 23.7 Å². The molecule has 1 unspecified atom stereocenters. The van der Waals surface area contributed by atoms with Gasteiger partial charge < -0.3 is 9.47 Å². The molecule has 0 N–H and O–H groups in total. The molecule has 2 nitrogen and oxygen atoms in total. The molecule has 0 spiro atoms. The molecule has 2 aliphatic rings. The summed E-state index contributed by atoms with van der Waals surface area (Å²) >= 11 is 0. The van der Waals surface area contributed by atoms with Gasteiger partial charge in [-0.25, -0.2) is 0 Å². The van der Waals surface area contributed by atoms with Gasteiger partial charge in [0.2, 0.25) is 0 Å². The van der Waals surface area contributed by atoms with Crippen molar-refractivity contribution in [1.82, 2.24) is 0 Å². The number of ether oxygens (including phenoxy) is 2. The van der Waals surface area contributed by atoms with E-state index in [1.807, 2.05) is 0 Å². The SMILES string of the molecule is CC(C)CC1CCOC1.CC(C)CC1CCOCC1. The van der Waals surface area contributed by atoms with Crippen LogP contribution in [0.15, 0.2) is 0 Å². The zero-order chi connectivity index (χ0) is 14.1. The van der Waals surface area contributed by atoms with Crippen LogP contribution in [-0.4, -0.2) is 26.4 Å². The van der Waals surface area contributed by atoms with Crippen molar-refractivity contribution in [3.63, 3.8) is 0 Å². The van der Waals surface area contributed by atoms with E-state index >= 15 is 0 Å². The van der Waals surface area contributed by atoms with E-state index in [1.165, 1.54) is 32.1 Å². The molecule has 0 aromatic heterocycles. The summed E-state index contributed by atoms with van der Waals surface area (Å²) in [6.45, 7) is 13.2. The monoisotopic (exact) mass is 270 g/mol. The lowest BCUT2D eigenvalue weighted by Crippen LogP contribution is -2.16. The van der Waals surface area contributed by atoms with Crippen molar-refractivity contribution in [3.05, 3.63) is 0 Å². The molecule has 0 bridgehead atoms. The van der Waals surface area contributed by atoms with Gasteiger partial charge in [0.05, 0.1) is 0 Å². The molecule has 0 amide bonds. The summed E-state index contributed by atoms with van der Waals surface area (Å²) < 4.78 is 10.5. The Kier molecular flexibility index (Phi) is 8.72. The Labute approximate surface area is 120 Å². The van der Waals surface area contributed by atoms with Crippen molar-refractivity contribution >= 4 is 0 Å². The van der Waals surface area contributed by atoms with Crippen LogP contribution >= 0.6 is 0 Å². The van der Waals surface area contributed by atoms with Crippen LogP contribution < -0.4 is 0 Å². The van der Waals surface area contributed by atoms with Gasteiger partial charge in [-0.1, -0.05) is 27.7 Å². The minimum absolute atomic E-state index is 0.844. The van der Waals surface area contributed by atoms with Crippen molar-refractivity contribution in [1.29, 1.82) is 0 Å². The maximum atomic E-state index is 5.28. The predicted octanol–water partition coefficient (Wildman–Crippen LogP) is 4.53. The standard InChI is InChI=1S/C9H18O.C8H16O/c1-8(2)7-9-3-5-10-6-4-9;1-7(2)5-8-3-4-9-6-8/h8-9H,3-7H2,1-2H3;7-8H,3-6H2,1-2H3. The molecule has 2 rings (SSSR count). The van der Waals surface area contributed by atoms with E-state index in [0.29, 0.717) is 0 Å². The number of hydrogen-bond donors (Lipinski definition) is 0. The summed E-state index contributed by atoms with van der Waals surface area (Å²) in [5, 5.41) is 0. The van der Waals surface area contributed by atoms with Gasteiger partial charge in [0, 0.05) is 26.4 Å². The van der Waals surface area contributed by atoms with Crippen LogP contribution in [0, 0.1) is 23.7 Å². The molecule has 0 radical (unpaired) electrons. The van der Waals surface area contributed by atoms with Crippen LogP contribution in [0.4, 0.5) is 0 Å². The molecule has 2 heterocycles. The molecule has 19 heavy (non-hydrogen) atoms. The summed E-state index contributed by atoms with van der Waals surface area (Å²) in [5.74, 6) is 3.53. The van der Waals surface area contributed by atoms with E-state index in [9.17, 15) is 0 Å². The van der Waals surface area contributed by atoms with Gasteiger partial charge >= 0.3 is 0 Å². The first-order valence-corrected chi connectivity index (χ1v) is 8.23. The second-order valence-electron chi connectivity index (χ2n) is 7.04. The van der Waals surface area contributed by atoms with Crippen LogP contribution in [0.5, 0.6) is 0 Å². The third-order valence-electron chi connectivity index (χ3n) is 3.97. The Morgan fingerprint density at radius 2 is 1.21 bits per heavy atom. The molecular formula is C17H34O2. The molecule has 114 valence electrons. The topological polar surface area (TPSA) is 18.5 Å². The minimum atomic E-state index is 0.844. The summed E-state index contributed by atoms with van der Waals surface area (Å²) in [6.07, 6.45) is 6.61. The van der Waals surface area contributed by atoms with E-state index in [4.69, 9.17) is 9.47 Å². The van der Waals surface area contributed by atoms with Crippen LogP contribution in [0.1, 0.15) is 59.8 Å². The Hall–Kier alpha value is -0.0800. The van der Waals surface area contributed by atoms with Crippen LogP contribution in [0.2, 0.25) is 0 Å². The lowest BCUT2D eigenvalue weighted by atomic mass is 9.91. The van der Waals surface area contributed by atoms with Gasteiger partial charge in [0.25, 0.3) is 0 Å². The van der Waals surface area contributed by atoms with E-state index in [2.05, 4.69) is 27.7 Å². The van der Waals surface area contributed by atoms with E-state index < -0.39 is 0 Å². The minimum Gasteiger partial charge on any atom is -0.381 e. The van der Waals surface area contributed by atoms with Crippen molar-refractivity contribution in [2.75, 3.05) is 26.4 Å². The van der Waals surface area contributed by atoms with Gasteiger partial charge in [-0.3, -0.25) is 0 Å². The van der Waals surface area contributed by atoms with E-state index in [-0.39, 0.29) is 0 Å². The van der Waals surface area contributed by atoms with Gasteiger partial charge in [-0.05, 0) is 55.8 Å². The highest BCUT2D eigenvalue weighted by molar-refractivity contribution is 4.65. The molecule has 2 saturated heterocycles. The van der Waals surface area contributed by atoms with Crippen LogP contribution in [-0.2, 0) is 9.47 Å². The van der Waals surface area contributed by atoms with Crippen molar-refractivity contribution < 1.29 is 9.47 Å². The molecular weight excluding hydrogens is 236 g/mol. The Balaban J connectivity index is 0.000000191. The lowest BCUT2D eigenvalue weighted by molar-refractivity contribution is 0.0602. The largest absolute Gasteiger partial charge is 0.381 e. The molecule has 2 aliphatic heterocycles. The first-order valence-electron chi connectivity index (χ1n) is 8.23. The Morgan fingerprint density at radius 3 is 1.68 bits per heavy atom. The molecule has 0 aliphatic carbocycles. The second kappa shape index (κ2) is 9.77. The molecule has 0 saturated carbocycles. The predicted molar refractivity (Wildman–Crippen MR) is 81.4 cm³/mol. The lowest BCUT2D eigenvalue weighted by Gasteiger charge is -2.23. The van der Waals surface area contributed by atoms with Gasteiger partial charge in [0.1, 0.15) is 0 Å². The first-order chi connectivity index (χ1) is 9.08. The molecule has 2 fully saturated rings. The maximum absolute atomic E-state index is 5.28. The highest BCUT2D eigenvalue weighted by Gasteiger charge is 2.16. The van der Waals surface area contributed by atoms with Gasteiger partial charge in [0.15, 0.2) is 0 Å².